The minimum atomic E-state index is -1.75. The van der Waals surface area contributed by atoms with Crippen LogP contribution >= 0.6 is 0 Å². The largest absolute Gasteiger partial charge is 0.508 e. The number of phenolic OH excluding ortho intramolecular Hbond substituents is 3. The van der Waals surface area contributed by atoms with Crippen molar-refractivity contribution < 1.29 is 59.5 Å². The minimum absolute atomic E-state index is 0.0228. The van der Waals surface area contributed by atoms with E-state index in [1.165, 1.54) is 19.1 Å². The molecule has 2 aliphatic heterocycles. The predicted molar refractivity (Wildman–Crippen MR) is 119 cm³/mol. The number of aromatic hydroxyl groups is 3. The molecule has 12 heteroatoms. The average molecular weight is 506 g/mol. The topological polar surface area (TPSA) is 203 Å². The van der Waals surface area contributed by atoms with Crippen molar-refractivity contribution in [1.29, 1.82) is 0 Å². The summed E-state index contributed by atoms with van der Waals surface area (Å²) in [7, 11) is 0. The van der Waals surface area contributed by atoms with Crippen molar-refractivity contribution in [2.24, 2.45) is 0 Å². The van der Waals surface area contributed by atoms with Gasteiger partial charge in [0.2, 0.25) is 6.29 Å². The first kappa shape index (κ1) is 25.7. The molecule has 0 radical (unpaired) electrons. The second-order valence-electron chi connectivity index (χ2n) is 8.78. The highest BCUT2D eigenvalue weighted by Gasteiger charge is 2.45. The summed E-state index contributed by atoms with van der Waals surface area (Å²) in [4.78, 5) is 25.1. The van der Waals surface area contributed by atoms with Crippen LogP contribution < -0.4 is 4.74 Å². The first-order valence-corrected chi connectivity index (χ1v) is 11.1. The summed E-state index contributed by atoms with van der Waals surface area (Å²) in [6.07, 6.45) is -8.71. The summed E-state index contributed by atoms with van der Waals surface area (Å²) in [6, 6.07) is 4.72. The van der Waals surface area contributed by atoms with Crippen molar-refractivity contribution >= 4 is 11.8 Å². The Bertz CT molecular complexity index is 1180. The van der Waals surface area contributed by atoms with Crippen LogP contribution in [0.1, 0.15) is 38.8 Å². The van der Waals surface area contributed by atoms with Gasteiger partial charge in [-0.2, -0.15) is 0 Å². The quantitative estimate of drug-likeness (QED) is 0.196. The first-order chi connectivity index (χ1) is 17.0. The van der Waals surface area contributed by atoms with E-state index >= 15 is 0 Å². The van der Waals surface area contributed by atoms with E-state index in [0.717, 1.165) is 12.1 Å². The molecule has 0 aromatic heterocycles. The molecule has 0 aliphatic carbocycles. The summed E-state index contributed by atoms with van der Waals surface area (Å²) < 4.78 is 16.4. The number of carbonyl (C=O) groups excluding carboxylic acids is 2. The van der Waals surface area contributed by atoms with Crippen LogP contribution in [0.25, 0.3) is 0 Å². The molecule has 1 saturated heterocycles. The number of aliphatic hydroxyl groups is 4. The van der Waals surface area contributed by atoms with Gasteiger partial charge in [0.25, 0.3) is 0 Å². The zero-order valence-corrected chi connectivity index (χ0v) is 19.1. The van der Waals surface area contributed by atoms with Crippen LogP contribution in [0.15, 0.2) is 24.3 Å². The van der Waals surface area contributed by atoms with E-state index in [4.69, 9.17) is 14.2 Å². The van der Waals surface area contributed by atoms with Crippen molar-refractivity contribution in [3.8, 4) is 23.0 Å². The smallest absolute Gasteiger partial charge is 0.342 e. The Hall–Kier alpha value is -3.42. The summed E-state index contributed by atoms with van der Waals surface area (Å²) >= 11 is 0. The lowest BCUT2D eigenvalue weighted by Gasteiger charge is -2.39. The van der Waals surface area contributed by atoms with E-state index in [1.807, 2.05) is 0 Å². The second kappa shape index (κ2) is 9.91. The van der Waals surface area contributed by atoms with Crippen molar-refractivity contribution in [3.05, 3.63) is 46.5 Å². The standard InChI is InChI=1S/C24H26O12/c1-9(26)18-10(4-14-5-11-3-12(27)6-15(29)19(11)23(33)34-14)2-13(28)7-16(18)35-24-22(32)21(31)20(30)17(8-25)36-24/h2-3,6-7,14,17,20-22,24-25,27-32H,4-5,8H2,1H3. The highest BCUT2D eigenvalue weighted by atomic mass is 16.7. The summed E-state index contributed by atoms with van der Waals surface area (Å²) in [5.74, 6) is -2.52. The molecule has 6 atom stereocenters. The van der Waals surface area contributed by atoms with Crippen LogP contribution in [-0.2, 0) is 22.3 Å². The number of carbonyl (C=O) groups is 2. The highest BCUT2D eigenvalue weighted by Crippen LogP contribution is 2.36. The van der Waals surface area contributed by atoms with E-state index < -0.39 is 60.9 Å². The number of phenols is 3. The predicted octanol–water partition coefficient (Wildman–Crippen LogP) is -0.491. The average Bonchev–Trinajstić information content (AvgIpc) is 2.78. The number of hydrogen-bond acceptors (Lipinski definition) is 12. The van der Waals surface area contributed by atoms with Crippen LogP contribution in [0, 0.1) is 0 Å². The Morgan fingerprint density at radius 3 is 2.39 bits per heavy atom. The molecule has 12 nitrogen and oxygen atoms in total. The third kappa shape index (κ3) is 4.81. The van der Waals surface area contributed by atoms with Crippen LogP contribution in [0.2, 0.25) is 0 Å². The van der Waals surface area contributed by atoms with E-state index in [2.05, 4.69) is 0 Å². The van der Waals surface area contributed by atoms with Crippen LogP contribution in [0.4, 0.5) is 0 Å². The molecule has 2 aliphatic rings. The van der Waals surface area contributed by atoms with Gasteiger partial charge in [-0.1, -0.05) is 0 Å². The lowest BCUT2D eigenvalue weighted by molar-refractivity contribution is -0.277. The van der Waals surface area contributed by atoms with Gasteiger partial charge >= 0.3 is 5.97 Å². The van der Waals surface area contributed by atoms with Gasteiger partial charge < -0.3 is 50.0 Å². The highest BCUT2D eigenvalue weighted by molar-refractivity contribution is 5.99. The van der Waals surface area contributed by atoms with Crippen LogP contribution in [-0.4, -0.2) is 90.9 Å². The molecule has 1 fully saturated rings. The van der Waals surface area contributed by atoms with Crippen LogP contribution in [0.5, 0.6) is 23.0 Å². The maximum absolute atomic E-state index is 12.6. The van der Waals surface area contributed by atoms with E-state index in [1.54, 1.807) is 0 Å². The molecule has 0 spiro atoms. The van der Waals surface area contributed by atoms with Crippen LogP contribution in [0.3, 0.4) is 0 Å². The second-order valence-corrected chi connectivity index (χ2v) is 8.78. The van der Waals surface area contributed by atoms with Gasteiger partial charge in [-0.25, -0.2) is 4.79 Å². The number of esters is 1. The number of ether oxygens (including phenoxy) is 3. The molecule has 194 valence electrons. The van der Waals surface area contributed by atoms with Gasteiger partial charge in [0.1, 0.15) is 59.1 Å². The Kier molecular flexibility index (Phi) is 7.07. The molecule has 0 saturated carbocycles. The number of Topliss-reactive ketones (excluding diaryl/α,β-unsaturated/α-hetero) is 1. The summed E-state index contributed by atoms with van der Waals surface area (Å²) in [5, 5.41) is 69.7. The number of benzene rings is 2. The fraction of sp³-hybridized carbons (Fsp3) is 0.417. The first-order valence-electron chi connectivity index (χ1n) is 11.1. The lowest BCUT2D eigenvalue weighted by atomic mass is 9.91. The number of ketones is 1. The van der Waals surface area contributed by atoms with Gasteiger partial charge in [0, 0.05) is 25.0 Å². The SMILES string of the molecule is CC(=O)c1c(CC2Cc3cc(O)cc(O)c3C(=O)O2)cc(O)cc1OC1OC(CO)C(O)C(O)C1O. The molecular weight excluding hydrogens is 480 g/mol. The Balaban J connectivity index is 1.64. The summed E-state index contributed by atoms with van der Waals surface area (Å²) in [5.41, 5.74) is 0.479. The number of fused-ring (bicyclic) bond motifs is 1. The van der Waals surface area contributed by atoms with Crippen molar-refractivity contribution in [2.45, 2.75) is 56.6 Å². The van der Waals surface area contributed by atoms with Crippen molar-refractivity contribution in [1.82, 2.24) is 0 Å². The third-order valence-electron chi connectivity index (χ3n) is 6.17. The van der Waals surface area contributed by atoms with E-state index in [-0.39, 0.29) is 46.8 Å². The zero-order valence-electron chi connectivity index (χ0n) is 19.1. The fourth-order valence-corrected chi connectivity index (χ4v) is 4.52. The van der Waals surface area contributed by atoms with Crippen molar-refractivity contribution in [3.63, 3.8) is 0 Å². The molecule has 7 N–H and O–H groups in total. The maximum Gasteiger partial charge on any atom is 0.342 e. The molecule has 0 amide bonds. The number of aliphatic hydroxyl groups excluding tert-OH is 4. The normalized spacial score (nSPS) is 27.8. The van der Waals surface area contributed by atoms with E-state index in [0.29, 0.717) is 5.56 Å². The Morgan fingerprint density at radius 2 is 1.72 bits per heavy atom. The molecular formula is C24H26O12. The fourth-order valence-electron chi connectivity index (χ4n) is 4.52. The Labute approximate surface area is 204 Å². The number of rotatable bonds is 6. The van der Waals surface area contributed by atoms with Gasteiger partial charge in [0.15, 0.2) is 5.78 Å². The van der Waals surface area contributed by atoms with E-state index in [9.17, 15) is 45.3 Å². The molecule has 36 heavy (non-hydrogen) atoms. The number of hydrogen-bond donors (Lipinski definition) is 7. The molecule has 2 heterocycles. The van der Waals surface area contributed by atoms with Crippen molar-refractivity contribution in [2.75, 3.05) is 6.61 Å². The molecule has 6 unspecified atom stereocenters. The summed E-state index contributed by atoms with van der Waals surface area (Å²) in [6.45, 7) is 0.545. The van der Waals surface area contributed by atoms with Gasteiger partial charge in [-0.05, 0) is 30.2 Å². The minimum Gasteiger partial charge on any atom is -0.508 e. The maximum atomic E-state index is 12.6. The zero-order chi connectivity index (χ0) is 26.3. The van der Waals surface area contributed by atoms with Gasteiger partial charge in [-0.3, -0.25) is 4.79 Å². The molecule has 2 aromatic carbocycles. The molecule has 0 bridgehead atoms. The Morgan fingerprint density at radius 1 is 1.03 bits per heavy atom. The van der Waals surface area contributed by atoms with Gasteiger partial charge in [-0.15, -0.1) is 0 Å². The monoisotopic (exact) mass is 506 g/mol. The molecule has 2 aromatic rings. The number of cyclic esters (lactones) is 1. The molecule has 4 rings (SSSR count). The lowest BCUT2D eigenvalue weighted by Crippen LogP contribution is -2.60. The van der Waals surface area contributed by atoms with Gasteiger partial charge in [0.05, 0.1) is 12.2 Å². The third-order valence-corrected chi connectivity index (χ3v) is 6.17.